The number of benzene rings is 7. The lowest BCUT2D eigenvalue weighted by molar-refractivity contribution is 0.420. The van der Waals surface area contributed by atoms with Crippen LogP contribution in [0.2, 0.25) is 0 Å². The van der Waals surface area contributed by atoms with Crippen molar-refractivity contribution in [3.05, 3.63) is 128 Å². The van der Waals surface area contributed by atoms with E-state index in [2.05, 4.69) is 4.90 Å². The zero-order valence-corrected chi connectivity index (χ0v) is 21.8. The van der Waals surface area contributed by atoms with Crippen molar-refractivity contribution in [1.82, 2.24) is 0 Å². The van der Waals surface area contributed by atoms with Crippen LogP contribution in [0.3, 0.4) is 0 Å². The topological polar surface area (TPSA) is 65.1 Å². The van der Waals surface area contributed by atoms with Gasteiger partial charge in [-0.25, -0.2) is 0 Å². The van der Waals surface area contributed by atoms with E-state index in [4.69, 9.17) is 14.2 Å². The fourth-order valence-electron chi connectivity index (χ4n) is 6.71. The summed E-state index contributed by atoms with van der Waals surface area (Å²) in [4.78, 5) is 29.2. The number of nitrogens with zero attached hydrogens (tertiary/aromatic N) is 1. The molecule has 0 unspecified atom stereocenters. The minimum absolute atomic E-state index is 0.156. The maximum absolute atomic E-state index is 13.5. The Bertz CT molecular complexity index is 2470. The van der Waals surface area contributed by atoms with E-state index >= 15 is 0 Å². The molecule has 42 heavy (non-hydrogen) atoms. The fraction of sp³-hybridized carbons (Fsp3) is 0. The zero-order chi connectivity index (χ0) is 27.7. The normalized spacial score (nSPS) is 13.5. The summed E-state index contributed by atoms with van der Waals surface area (Å²) in [6.45, 7) is 0. The van der Waals surface area contributed by atoms with Gasteiger partial charge in [0.1, 0.15) is 17.1 Å². The van der Waals surface area contributed by atoms with Gasteiger partial charge in [-0.15, -0.1) is 0 Å². The molecular formula is C36H17NO5. The van der Waals surface area contributed by atoms with E-state index in [-0.39, 0.29) is 16.1 Å². The molecule has 0 aliphatic carbocycles. The monoisotopic (exact) mass is 543 g/mol. The van der Waals surface area contributed by atoms with Crippen molar-refractivity contribution in [2.24, 2.45) is 0 Å². The summed E-state index contributed by atoms with van der Waals surface area (Å²) in [7, 11) is 0. The quantitative estimate of drug-likeness (QED) is 0.212. The van der Waals surface area contributed by atoms with E-state index in [1.165, 1.54) is 0 Å². The molecule has 3 aliphatic heterocycles. The third-order valence-electron chi connectivity index (χ3n) is 8.50. The first-order chi connectivity index (χ1) is 20.6. The smallest absolute Gasteiger partial charge is 0.197 e. The van der Waals surface area contributed by atoms with Crippen molar-refractivity contribution in [3.63, 3.8) is 0 Å². The molecule has 0 aromatic heterocycles. The third-order valence-corrected chi connectivity index (χ3v) is 8.50. The molecule has 0 saturated carbocycles. The number of hydrogen-bond acceptors (Lipinski definition) is 6. The number of fused-ring (bicyclic) bond motifs is 2. The summed E-state index contributed by atoms with van der Waals surface area (Å²) in [5.74, 6) is 4.16. The van der Waals surface area contributed by atoms with Gasteiger partial charge in [-0.3, -0.25) is 14.5 Å². The van der Waals surface area contributed by atoms with Gasteiger partial charge in [0, 0.05) is 21.5 Å². The largest absolute Gasteiger partial charge is 0.453 e. The van der Waals surface area contributed by atoms with Crippen molar-refractivity contribution < 1.29 is 14.2 Å². The molecule has 7 aromatic carbocycles. The van der Waals surface area contributed by atoms with Crippen LogP contribution in [0, 0.1) is 0 Å². The molecule has 7 aromatic rings. The number of para-hydroxylation sites is 2. The van der Waals surface area contributed by atoms with Gasteiger partial charge in [0.2, 0.25) is 0 Å². The lowest BCUT2D eigenvalue weighted by Gasteiger charge is -2.41. The minimum atomic E-state index is -0.260. The Morgan fingerprint density at radius 3 is 1.79 bits per heavy atom. The molecule has 0 radical (unpaired) electrons. The molecule has 196 valence electrons. The van der Waals surface area contributed by atoms with Crippen molar-refractivity contribution in [2.75, 3.05) is 4.90 Å². The molecule has 3 heterocycles. The average Bonchev–Trinajstić information content (AvgIpc) is 3.01. The van der Waals surface area contributed by atoms with E-state index in [0.29, 0.717) is 33.8 Å². The molecule has 0 fully saturated rings. The van der Waals surface area contributed by atoms with Gasteiger partial charge in [0.15, 0.2) is 45.4 Å². The van der Waals surface area contributed by atoms with E-state index in [9.17, 15) is 9.59 Å². The van der Waals surface area contributed by atoms with Gasteiger partial charge in [-0.2, -0.15) is 0 Å². The molecule has 0 amide bonds. The molecule has 0 saturated heterocycles. The second-order valence-corrected chi connectivity index (χ2v) is 10.8. The minimum Gasteiger partial charge on any atom is -0.453 e. The van der Waals surface area contributed by atoms with E-state index < -0.39 is 0 Å². The maximum Gasteiger partial charge on any atom is 0.197 e. The summed E-state index contributed by atoms with van der Waals surface area (Å²) in [6.07, 6.45) is 1.69. The molecule has 6 heteroatoms. The van der Waals surface area contributed by atoms with Crippen molar-refractivity contribution in [2.45, 2.75) is 0 Å². The van der Waals surface area contributed by atoms with Gasteiger partial charge in [0.05, 0.1) is 5.22 Å². The summed E-state index contributed by atoms with van der Waals surface area (Å²) < 4.78 is 19.2. The first kappa shape index (κ1) is 21.9. The van der Waals surface area contributed by atoms with Crippen LogP contribution in [0.4, 0.5) is 17.1 Å². The second kappa shape index (κ2) is 7.44. The van der Waals surface area contributed by atoms with E-state index in [1.807, 2.05) is 84.9 Å². The Labute approximate surface area is 237 Å². The van der Waals surface area contributed by atoms with Crippen LogP contribution in [0.15, 0.2) is 107 Å². The van der Waals surface area contributed by atoms with Gasteiger partial charge >= 0.3 is 0 Å². The molecule has 0 atom stereocenters. The number of anilines is 3. The number of ether oxygens (including phenoxy) is 3. The van der Waals surface area contributed by atoms with Crippen LogP contribution in [-0.2, 0) is 0 Å². The Balaban J connectivity index is 1.22. The van der Waals surface area contributed by atoms with E-state index in [1.54, 1.807) is 18.2 Å². The summed E-state index contributed by atoms with van der Waals surface area (Å²) in [6, 6.07) is 30.5. The standard InChI is InChI=1S/C36H17NO5/c38-34-22-7-1-5-19-6-2-8-23(30(19)22)35(39)24(34)16-18-13-14-21-20(15-18)17-29-33-36(21)42-28-12-4-10-26-32(28)37(33)31-25(40-26)9-3-11-27(31)41-29/h1-17H. The van der Waals surface area contributed by atoms with Crippen molar-refractivity contribution in [3.8, 4) is 34.5 Å². The predicted molar refractivity (Wildman–Crippen MR) is 163 cm³/mol. The lowest BCUT2D eigenvalue weighted by Crippen LogP contribution is -2.38. The second-order valence-electron chi connectivity index (χ2n) is 10.8. The van der Waals surface area contributed by atoms with Gasteiger partial charge in [-0.1, -0.05) is 54.6 Å². The molecule has 10 rings (SSSR count). The first-order valence-electron chi connectivity index (χ1n) is 13.7. The Hall–Kier alpha value is -5.88. The summed E-state index contributed by atoms with van der Waals surface area (Å²) in [5.41, 5.74) is 2.73. The van der Waals surface area contributed by atoms with Crippen LogP contribution >= 0.6 is 0 Å². The van der Waals surface area contributed by atoms with Crippen molar-refractivity contribution >= 4 is 55.5 Å². The summed E-state index contributed by atoms with van der Waals surface area (Å²) in [5, 5.41) is 4.62. The van der Waals surface area contributed by atoms with Crippen molar-refractivity contribution in [1.29, 1.82) is 0 Å². The van der Waals surface area contributed by atoms with Crippen LogP contribution < -0.4 is 35.2 Å². The van der Waals surface area contributed by atoms with Gasteiger partial charge in [0.25, 0.3) is 0 Å². The Morgan fingerprint density at radius 1 is 0.524 bits per heavy atom. The SMILES string of the molecule is O=c1c(=Cc2ccc3c4c5c(cc3c2)Oc2cccc3c2N5c2c(cccc2O4)O3)c(=O)c2cccc3cccc1c32. The van der Waals surface area contributed by atoms with Crippen LogP contribution in [0.1, 0.15) is 5.56 Å². The molecule has 0 N–H and O–H groups in total. The molecule has 3 aliphatic rings. The molecular weight excluding hydrogens is 526 g/mol. The maximum atomic E-state index is 13.5. The highest BCUT2D eigenvalue weighted by Crippen LogP contribution is 2.67. The molecule has 0 bridgehead atoms. The average molecular weight is 544 g/mol. The van der Waals surface area contributed by atoms with E-state index in [0.717, 1.165) is 55.7 Å². The van der Waals surface area contributed by atoms with Crippen LogP contribution in [0.5, 0.6) is 34.5 Å². The highest BCUT2D eigenvalue weighted by molar-refractivity contribution is 6.10. The zero-order valence-electron chi connectivity index (χ0n) is 21.8. The highest BCUT2D eigenvalue weighted by Gasteiger charge is 2.42. The van der Waals surface area contributed by atoms with Gasteiger partial charge in [-0.05, 0) is 64.9 Å². The Kier molecular flexibility index (Phi) is 3.88. The first-order valence-corrected chi connectivity index (χ1v) is 13.7. The van der Waals surface area contributed by atoms with Crippen LogP contribution in [-0.4, -0.2) is 0 Å². The third kappa shape index (κ3) is 2.64. The number of rotatable bonds is 1. The Morgan fingerprint density at radius 2 is 1.12 bits per heavy atom. The summed E-state index contributed by atoms with van der Waals surface area (Å²) >= 11 is 0. The molecule has 6 nitrogen and oxygen atoms in total. The molecule has 0 spiro atoms. The number of hydrogen-bond donors (Lipinski definition) is 0. The van der Waals surface area contributed by atoms with Crippen LogP contribution in [0.25, 0.3) is 38.4 Å². The predicted octanol–water partition coefficient (Wildman–Crippen LogP) is 7.64. The van der Waals surface area contributed by atoms with Gasteiger partial charge < -0.3 is 14.2 Å². The highest BCUT2D eigenvalue weighted by atomic mass is 16.5. The lowest BCUT2D eigenvalue weighted by atomic mass is 9.97. The fourth-order valence-corrected chi connectivity index (χ4v) is 6.71.